The Morgan fingerprint density at radius 2 is 2.22 bits per heavy atom. The number of thiophene rings is 1. The summed E-state index contributed by atoms with van der Waals surface area (Å²) in [6.07, 6.45) is 4.87. The number of nitrogens with zero attached hydrogens (tertiary/aromatic N) is 2. The van der Waals surface area contributed by atoms with Gasteiger partial charge in [-0.3, -0.25) is 0 Å². The number of hydrogen-bond acceptors (Lipinski definition) is 4. The average Bonchev–Trinajstić information content (AvgIpc) is 3.06. The van der Waals surface area contributed by atoms with Gasteiger partial charge < -0.3 is 5.32 Å². The van der Waals surface area contributed by atoms with E-state index < -0.39 is 0 Å². The van der Waals surface area contributed by atoms with Crippen LogP contribution in [0, 0.1) is 12.8 Å². The zero-order chi connectivity index (χ0) is 12.5. The number of aryl methyl sites for hydroxylation is 1. The maximum Gasteiger partial charge on any atom is 0.138 e. The molecule has 0 radical (unpaired) electrons. The highest BCUT2D eigenvalue weighted by Crippen LogP contribution is 2.34. The van der Waals surface area contributed by atoms with E-state index in [1.54, 1.807) is 11.3 Å². The van der Waals surface area contributed by atoms with E-state index in [0.717, 1.165) is 41.8 Å². The number of fused-ring (bicyclic) bond motifs is 1. The molecule has 0 unspecified atom stereocenters. The first-order chi connectivity index (χ1) is 8.76. The second kappa shape index (κ2) is 4.84. The minimum atomic E-state index is 0.836. The quantitative estimate of drug-likeness (QED) is 0.890. The summed E-state index contributed by atoms with van der Waals surface area (Å²) in [6, 6.07) is 2.19. The molecule has 0 saturated heterocycles. The molecule has 2 heterocycles. The standard InChI is InChI=1S/C14H19N3S/c1-3-6-15-13-11-7-9(2)18-14(11)17-12(16-13)8-10-4-5-10/h7,10H,3-6,8H2,1-2H3,(H,15,16,17). The van der Waals surface area contributed by atoms with Gasteiger partial charge in [0.15, 0.2) is 0 Å². The van der Waals surface area contributed by atoms with Gasteiger partial charge in [0, 0.05) is 17.8 Å². The molecule has 0 aromatic carbocycles. The third-order valence-corrected chi connectivity index (χ3v) is 4.22. The number of anilines is 1. The number of nitrogens with one attached hydrogen (secondary N) is 1. The Morgan fingerprint density at radius 1 is 1.39 bits per heavy atom. The van der Waals surface area contributed by atoms with Crippen molar-refractivity contribution < 1.29 is 0 Å². The van der Waals surface area contributed by atoms with Gasteiger partial charge in [-0.05, 0) is 38.2 Å². The van der Waals surface area contributed by atoms with Crippen molar-refractivity contribution in [1.82, 2.24) is 9.97 Å². The van der Waals surface area contributed by atoms with Gasteiger partial charge in [-0.15, -0.1) is 11.3 Å². The lowest BCUT2D eigenvalue weighted by Gasteiger charge is -2.07. The van der Waals surface area contributed by atoms with Gasteiger partial charge in [-0.25, -0.2) is 9.97 Å². The van der Waals surface area contributed by atoms with Crippen LogP contribution >= 0.6 is 11.3 Å². The highest BCUT2D eigenvalue weighted by Gasteiger charge is 2.23. The van der Waals surface area contributed by atoms with Crippen LogP contribution < -0.4 is 5.32 Å². The molecule has 3 nitrogen and oxygen atoms in total. The average molecular weight is 261 g/mol. The van der Waals surface area contributed by atoms with Crippen molar-refractivity contribution in [3.63, 3.8) is 0 Å². The van der Waals surface area contributed by atoms with Gasteiger partial charge in [0.2, 0.25) is 0 Å². The Kier molecular flexibility index (Phi) is 3.20. The molecular weight excluding hydrogens is 242 g/mol. The van der Waals surface area contributed by atoms with E-state index >= 15 is 0 Å². The van der Waals surface area contributed by atoms with Crippen LogP contribution in [0.15, 0.2) is 6.07 Å². The number of aromatic nitrogens is 2. The van der Waals surface area contributed by atoms with Crippen LogP contribution in [-0.4, -0.2) is 16.5 Å². The van der Waals surface area contributed by atoms with Crippen molar-refractivity contribution in [1.29, 1.82) is 0 Å². The molecule has 0 amide bonds. The molecule has 4 heteroatoms. The molecule has 1 N–H and O–H groups in total. The first kappa shape index (κ1) is 11.9. The molecule has 96 valence electrons. The van der Waals surface area contributed by atoms with Crippen molar-refractivity contribution in [2.45, 2.75) is 39.5 Å². The smallest absolute Gasteiger partial charge is 0.138 e. The van der Waals surface area contributed by atoms with Crippen LogP contribution in [0.2, 0.25) is 0 Å². The van der Waals surface area contributed by atoms with Crippen molar-refractivity contribution in [2.24, 2.45) is 5.92 Å². The molecule has 18 heavy (non-hydrogen) atoms. The first-order valence-electron chi connectivity index (χ1n) is 6.77. The van der Waals surface area contributed by atoms with Crippen LogP contribution in [0.25, 0.3) is 10.2 Å². The summed E-state index contributed by atoms with van der Waals surface area (Å²) in [5.41, 5.74) is 0. The minimum absolute atomic E-state index is 0.836. The van der Waals surface area contributed by atoms with Crippen molar-refractivity contribution >= 4 is 27.4 Å². The molecule has 0 aliphatic heterocycles. The summed E-state index contributed by atoms with van der Waals surface area (Å²) in [5.74, 6) is 2.88. The van der Waals surface area contributed by atoms with Gasteiger partial charge in [0.05, 0.1) is 5.39 Å². The molecule has 1 fully saturated rings. The highest BCUT2D eigenvalue weighted by atomic mass is 32.1. The molecule has 2 aromatic heterocycles. The second-order valence-corrected chi connectivity index (χ2v) is 6.37. The SMILES string of the molecule is CCCNc1nc(CC2CC2)nc2sc(C)cc12. The predicted molar refractivity (Wildman–Crippen MR) is 77.4 cm³/mol. The maximum absolute atomic E-state index is 4.72. The highest BCUT2D eigenvalue weighted by molar-refractivity contribution is 7.18. The van der Waals surface area contributed by atoms with E-state index in [0.29, 0.717) is 0 Å². The number of hydrogen-bond donors (Lipinski definition) is 1. The largest absolute Gasteiger partial charge is 0.369 e. The molecular formula is C14H19N3S. The van der Waals surface area contributed by atoms with Gasteiger partial charge >= 0.3 is 0 Å². The van der Waals surface area contributed by atoms with Gasteiger partial charge in [0.1, 0.15) is 16.5 Å². The van der Waals surface area contributed by atoms with Crippen LogP contribution in [0.4, 0.5) is 5.82 Å². The first-order valence-corrected chi connectivity index (χ1v) is 7.59. The molecule has 2 aromatic rings. The molecule has 0 atom stereocenters. The topological polar surface area (TPSA) is 37.8 Å². The second-order valence-electron chi connectivity index (χ2n) is 5.14. The third kappa shape index (κ3) is 2.48. The van der Waals surface area contributed by atoms with Crippen molar-refractivity contribution in [2.75, 3.05) is 11.9 Å². The molecule has 1 aliphatic rings. The van der Waals surface area contributed by atoms with Crippen molar-refractivity contribution in [3.8, 4) is 0 Å². The fourth-order valence-corrected chi connectivity index (χ4v) is 3.03. The summed E-state index contributed by atoms with van der Waals surface area (Å²) in [5, 5.41) is 4.63. The summed E-state index contributed by atoms with van der Waals surface area (Å²) >= 11 is 1.77. The Balaban J connectivity index is 1.98. The molecule has 3 rings (SSSR count). The summed E-state index contributed by atoms with van der Waals surface area (Å²) in [7, 11) is 0. The monoisotopic (exact) mass is 261 g/mol. The lowest BCUT2D eigenvalue weighted by atomic mass is 10.2. The Morgan fingerprint density at radius 3 is 2.94 bits per heavy atom. The fraction of sp³-hybridized carbons (Fsp3) is 0.571. The summed E-state index contributed by atoms with van der Waals surface area (Å²) < 4.78 is 0. The van der Waals surface area contributed by atoms with E-state index in [2.05, 4.69) is 25.2 Å². The summed E-state index contributed by atoms with van der Waals surface area (Å²) in [4.78, 5) is 11.9. The molecule has 0 spiro atoms. The van der Waals surface area contributed by atoms with E-state index in [-0.39, 0.29) is 0 Å². The Labute approximate surface area is 112 Å². The normalized spacial score (nSPS) is 15.2. The van der Waals surface area contributed by atoms with Gasteiger partial charge in [-0.1, -0.05) is 6.92 Å². The zero-order valence-corrected chi connectivity index (χ0v) is 11.8. The van der Waals surface area contributed by atoms with E-state index in [1.807, 2.05) is 0 Å². The number of rotatable bonds is 5. The van der Waals surface area contributed by atoms with Gasteiger partial charge in [-0.2, -0.15) is 0 Å². The van der Waals surface area contributed by atoms with E-state index in [1.165, 1.54) is 23.1 Å². The van der Waals surface area contributed by atoms with Gasteiger partial charge in [0.25, 0.3) is 0 Å². The van der Waals surface area contributed by atoms with Crippen LogP contribution in [0.1, 0.15) is 36.9 Å². The summed E-state index contributed by atoms with van der Waals surface area (Å²) in [6.45, 7) is 5.29. The van der Waals surface area contributed by atoms with Crippen molar-refractivity contribution in [3.05, 3.63) is 16.8 Å². The molecule has 1 aliphatic carbocycles. The lowest BCUT2D eigenvalue weighted by molar-refractivity contribution is 0.776. The van der Waals surface area contributed by atoms with E-state index in [4.69, 9.17) is 9.97 Å². The Bertz CT molecular complexity index is 557. The third-order valence-electron chi connectivity index (χ3n) is 3.27. The van der Waals surface area contributed by atoms with E-state index in [9.17, 15) is 0 Å². The van der Waals surface area contributed by atoms with Crippen LogP contribution in [-0.2, 0) is 6.42 Å². The lowest BCUT2D eigenvalue weighted by Crippen LogP contribution is -2.06. The predicted octanol–water partition coefficient (Wildman–Crippen LogP) is 3.77. The molecule has 0 bridgehead atoms. The van der Waals surface area contributed by atoms with Crippen LogP contribution in [0.5, 0.6) is 0 Å². The minimum Gasteiger partial charge on any atom is -0.369 e. The maximum atomic E-state index is 4.72. The zero-order valence-electron chi connectivity index (χ0n) is 11.0. The Hall–Kier alpha value is -1.16. The molecule has 1 saturated carbocycles. The van der Waals surface area contributed by atoms with Crippen LogP contribution in [0.3, 0.4) is 0 Å². The fourth-order valence-electron chi connectivity index (χ4n) is 2.14.